The molecule has 0 aromatic heterocycles. The summed E-state index contributed by atoms with van der Waals surface area (Å²) in [4.78, 5) is 0. The molecule has 0 aliphatic heterocycles. The van der Waals surface area contributed by atoms with Crippen molar-refractivity contribution in [3.8, 4) is 0 Å². The molecule has 4 nitrogen and oxygen atoms in total. The molecule has 0 aliphatic carbocycles. The molecule has 0 aliphatic rings. The fourth-order valence-electron chi connectivity index (χ4n) is 0.820. The third kappa shape index (κ3) is 6.82. The Hall–Kier alpha value is -0.190. The van der Waals surface area contributed by atoms with Crippen molar-refractivity contribution in [3.63, 3.8) is 0 Å². The Kier molecular flexibility index (Phi) is 7.05. The number of rotatable bonds is 3. The number of hydrogen-bond acceptors (Lipinski definition) is 2. The monoisotopic (exact) mass is 268 g/mol. The van der Waals surface area contributed by atoms with Crippen LogP contribution in [-0.2, 0) is 16.8 Å². The van der Waals surface area contributed by atoms with Gasteiger partial charge in [-0.1, -0.05) is 36.5 Å². The standard InChI is InChI=1S/C7H9ClN2O2S.CH5P/c8-7-4-2-1-3-6(7)5-10-13(9,11)12;1-2/h1-4,10H,5H2,(H2,9,11,12);2H2,1H3. The van der Waals surface area contributed by atoms with E-state index in [0.717, 1.165) is 0 Å². The van der Waals surface area contributed by atoms with E-state index in [1.807, 2.05) is 6.66 Å². The molecule has 15 heavy (non-hydrogen) atoms. The summed E-state index contributed by atoms with van der Waals surface area (Å²) in [5, 5.41) is 5.26. The van der Waals surface area contributed by atoms with Crippen LogP contribution in [-0.4, -0.2) is 15.1 Å². The van der Waals surface area contributed by atoms with Gasteiger partial charge in [0.05, 0.1) is 0 Å². The minimum Gasteiger partial charge on any atom is -0.216 e. The first-order valence-corrected chi connectivity index (χ1v) is 7.15. The van der Waals surface area contributed by atoms with E-state index < -0.39 is 10.2 Å². The number of nitrogens with one attached hydrogen (secondary N) is 1. The smallest absolute Gasteiger partial charge is 0.216 e. The van der Waals surface area contributed by atoms with Gasteiger partial charge >= 0.3 is 0 Å². The molecule has 1 rings (SSSR count). The van der Waals surface area contributed by atoms with Crippen LogP contribution in [0, 0.1) is 0 Å². The van der Waals surface area contributed by atoms with Crippen LogP contribution in [0.5, 0.6) is 0 Å². The highest BCUT2D eigenvalue weighted by Gasteiger charge is 2.03. The average Bonchev–Trinajstić information content (AvgIpc) is 2.18. The molecular formula is C8H14ClN2O2PS. The largest absolute Gasteiger partial charge is 0.274 e. The van der Waals surface area contributed by atoms with Gasteiger partial charge in [0, 0.05) is 11.6 Å². The molecule has 0 amide bonds. The van der Waals surface area contributed by atoms with Crippen LogP contribution >= 0.6 is 20.8 Å². The number of nitrogens with two attached hydrogens (primary N) is 1. The predicted octanol–water partition coefficient (Wildman–Crippen LogP) is 1.12. The highest BCUT2D eigenvalue weighted by atomic mass is 35.5. The molecule has 3 N–H and O–H groups in total. The Morgan fingerprint density at radius 2 is 1.93 bits per heavy atom. The molecule has 1 atom stereocenters. The lowest BCUT2D eigenvalue weighted by Gasteiger charge is -2.03. The second-order valence-corrected chi connectivity index (χ2v) is 4.24. The third-order valence-electron chi connectivity index (χ3n) is 1.42. The van der Waals surface area contributed by atoms with Gasteiger partial charge in [-0.15, -0.1) is 9.24 Å². The van der Waals surface area contributed by atoms with Crippen molar-refractivity contribution in [1.82, 2.24) is 4.72 Å². The summed E-state index contributed by atoms with van der Waals surface area (Å²) < 4.78 is 23.2. The molecule has 0 saturated heterocycles. The fraction of sp³-hybridized carbons (Fsp3) is 0.250. The van der Waals surface area contributed by atoms with Crippen LogP contribution in [0.4, 0.5) is 0 Å². The van der Waals surface area contributed by atoms with E-state index >= 15 is 0 Å². The van der Waals surface area contributed by atoms with Gasteiger partial charge in [-0.3, -0.25) is 0 Å². The molecule has 0 spiro atoms. The lowest BCUT2D eigenvalue weighted by Crippen LogP contribution is -2.30. The third-order valence-corrected chi connectivity index (χ3v) is 2.34. The summed E-state index contributed by atoms with van der Waals surface area (Å²) in [6, 6.07) is 6.94. The minimum atomic E-state index is -3.65. The molecule has 1 unspecified atom stereocenters. The van der Waals surface area contributed by atoms with Crippen LogP contribution in [0.2, 0.25) is 5.02 Å². The van der Waals surface area contributed by atoms with Gasteiger partial charge in [-0.05, 0) is 11.6 Å². The van der Waals surface area contributed by atoms with E-state index in [0.29, 0.717) is 10.6 Å². The average molecular weight is 269 g/mol. The van der Waals surface area contributed by atoms with Crippen LogP contribution in [0.25, 0.3) is 0 Å². The van der Waals surface area contributed by atoms with Gasteiger partial charge in [0.15, 0.2) is 0 Å². The Bertz CT molecular complexity index is 397. The lowest BCUT2D eigenvalue weighted by molar-refractivity contribution is 0.583. The van der Waals surface area contributed by atoms with E-state index in [-0.39, 0.29) is 6.54 Å². The number of halogens is 1. The normalized spacial score (nSPS) is 10.4. The Balaban J connectivity index is 0.000000921. The van der Waals surface area contributed by atoms with Gasteiger partial charge in [0.1, 0.15) is 0 Å². The number of benzene rings is 1. The summed E-state index contributed by atoms with van der Waals surface area (Å²) in [6.45, 7) is 2.03. The first-order valence-electron chi connectivity index (χ1n) is 4.07. The molecule has 1 aromatic rings. The van der Waals surface area contributed by atoms with Gasteiger partial charge in [-0.25, -0.2) is 5.14 Å². The molecule has 86 valence electrons. The first-order chi connectivity index (χ1) is 6.99. The van der Waals surface area contributed by atoms with E-state index in [4.69, 9.17) is 16.7 Å². The first kappa shape index (κ1) is 14.8. The summed E-state index contributed by atoms with van der Waals surface area (Å²) >= 11 is 5.78. The fourth-order valence-corrected chi connectivity index (χ4v) is 1.38. The van der Waals surface area contributed by atoms with Crippen molar-refractivity contribution in [2.45, 2.75) is 6.54 Å². The van der Waals surface area contributed by atoms with Crippen molar-refractivity contribution < 1.29 is 8.42 Å². The van der Waals surface area contributed by atoms with Gasteiger partial charge < -0.3 is 0 Å². The molecule has 1 aromatic carbocycles. The van der Waals surface area contributed by atoms with E-state index in [1.54, 1.807) is 24.3 Å². The zero-order chi connectivity index (χ0) is 11.9. The maximum atomic E-state index is 10.5. The Labute approximate surface area is 97.6 Å². The van der Waals surface area contributed by atoms with E-state index in [2.05, 4.69) is 14.0 Å². The van der Waals surface area contributed by atoms with Crippen molar-refractivity contribution in [2.24, 2.45) is 5.14 Å². The van der Waals surface area contributed by atoms with Gasteiger partial charge in [0.25, 0.3) is 10.2 Å². The second-order valence-electron chi connectivity index (χ2n) is 2.46. The molecule has 0 saturated carbocycles. The maximum Gasteiger partial charge on any atom is 0.274 e. The van der Waals surface area contributed by atoms with Crippen LogP contribution < -0.4 is 9.86 Å². The van der Waals surface area contributed by atoms with Gasteiger partial charge in [0.2, 0.25) is 0 Å². The van der Waals surface area contributed by atoms with Crippen LogP contribution in [0.3, 0.4) is 0 Å². The van der Waals surface area contributed by atoms with Crippen molar-refractivity contribution >= 4 is 31.1 Å². The summed E-state index contributed by atoms with van der Waals surface area (Å²) in [6.07, 6.45) is 0. The number of hydrogen-bond donors (Lipinski definition) is 2. The quantitative estimate of drug-likeness (QED) is 0.807. The minimum absolute atomic E-state index is 0.110. The zero-order valence-corrected chi connectivity index (χ0v) is 11.0. The molecular weight excluding hydrogens is 255 g/mol. The SMILES string of the molecule is CP.NS(=O)(=O)NCc1ccccc1Cl. The van der Waals surface area contributed by atoms with Crippen molar-refractivity contribution in [3.05, 3.63) is 34.9 Å². The highest BCUT2D eigenvalue weighted by Crippen LogP contribution is 2.14. The topological polar surface area (TPSA) is 72.2 Å². The second kappa shape index (κ2) is 7.14. The Morgan fingerprint density at radius 3 is 2.40 bits per heavy atom. The molecule has 0 radical (unpaired) electrons. The van der Waals surface area contributed by atoms with Crippen LogP contribution in [0.1, 0.15) is 5.56 Å². The maximum absolute atomic E-state index is 10.5. The van der Waals surface area contributed by atoms with Crippen molar-refractivity contribution in [2.75, 3.05) is 6.66 Å². The van der Waals surface area contributed by atoms with E-state index in [9.17, 15) is 8.42 Å². The summed E-state index contributed by atoms with van der Waals surface area (Å²) in [5.41, 5.74) is 0.693. The van der Waals surface area contributed by atoms with Gasteiger partial charge in [-0.2, -0.15) is 13.1 Å². The van der Waals surface area contributed by atoms with Crippen LogP contribution in [0.15, 0.2) is 24.3 Å². The van der Waals surface area contributed by atoms with Crippen molar-refractivity contribution in [1.29, 1.82) is 0 Å². The Morgan fingerprint density at radius 1 is 1.40 bits per heavy atom. The molecule has 0 heterocycles. The zero-order valence-electron chi connectivity index (χ0n) is 8.27. The lowest BCUT2D eigenvalue weighted by atomic mass is 10.2. The highest BCUT2D eigenvalue weighted by molar-refractivity contribution is 7.87. The summed E-state index contributed by atoms with van der Waals surface area (Å²) in [5.74, 6) is 0. The molecule has 7 heteroatoms. The van der Waals surface area contributed by atoms with E-state index in [1.165, 1.54) is 0 Å². The predicted molar refractivity (Wildman–Crippen MR) is 67.0 cm³/mol. The molecule has 0 fully saturated rings. The summed E-state index contributed by atoms with van der Waals surface area (Å²) in [7, 11) is -1.23. The molecule has 0 bridgehead atoms.